The van der Waals surface area contributed by atoms with Gasteiger partial charge in [-0.3, -0.25) is 15.2 Å². The van der Waals surface area contributed by atoms with Crippen molar-refractivity contribution in [3.05, 3.63) is 41.5 Å². The molecule has 6 nitrogen and oxygen atoms in total. The fourth-order valence-electron chi connectivity index (χ4n) is 1.71. The van der Waals surface area contributed by atoms with Crippen LogP contribution in [0.25, 0.3) is 0 Å². The summed E-state index contributed by atoms with van der Waals surface area (Å²) < 4.78 is 0. The largest absolute Gasteiger partial charge is 0.478 e. The lowest BCUT2D eigenvalue weighted by Crippen LogP contribution is -2.34. The average molecular weight is 291 g/mol. The Morgan fingerprint density at radius 1 is 1.35 bits per heavy atom. The van der Waals surface area contributed by atoms with Gasteiger partial charge in [0.05, 0.1) is 5.56 Å². The number of carboxylic acids is 1. The number of urea groups is 1. The molecule has 2 aromatic rings. The highest BCUT2D eigenvalue weighted by atomic mass is 32.1. The summed E-state index contributed by atoms with van der Waals surface area (Å²) in [5.41, 5.74) is 0.794. The number of carbonyl (C=O) groups is 2. The monoisotopic (exact) mass is 291 g/mol. The summed E-state index contributed by atoms with van der Waals surface area (Å²) in [7, 11) is 0. The molecule has 0 aromatic carbocycles. The zero-order chi connectivity index (χ0) is 14.5. The molecule has 0 bridgehead atoms. The molecule has 2 amide bonds. The number of pyridine rings is 1. The molecule has 0 atom stereocenters. The first-order chi connectivity index (χ1) is 9.63. The van der Waals surface area contributed by atoms with Crippen LogP contribution in [-0.2, 0) is 0 Å². The first kappa shape index (κ1) is 14.0. The van der Waals surface area contributed by atoms with Gasteiger partial charge in [0.15, 0.2) is 0 Å². The molecule has 0 aliphatic heterocycles. The zero-order valence-corrected chi connectivity index (χ0v) is 11.6. The number of aromatic carboxylic acids is 1. The molecule has 0 saturated carbocycles. The van der Waals surface area contributed by atoms with Crippen LogP contribution in [0.4, 0.5) is 15.5 Å². The number of rotatable bonds is 4. The molecule has 7 heteroatoms. The lowest BCUT2D eigenvalue weighted by molar-refractivity contribution is 0.0698. The van der Waals surface area contributed by atoms with Gasteiger partial charge in [-0.25, -0.2) is 9.59 Å². The summed E-state index contributed by atoms with van der Waals surface area (Å²) in [6.45, 7) is 2.30. The summed E-state index contributed by atoms with van der Waals surface area (Å²) in [5.74, 6) is -1.06. The fraction of sp³-hybridized carbons (Fsp3) is 0.154. The highest BCUT2D eigenvalue weighted by molar-refractivity contribution is 7.14. The highest BCUT2D eigenvalue weighted by Gasteiger charge is 2.18. The van der Waals surface area contributed by atoms with E-state index in [4.69, 9.17) is 5.11 Å². The van der Waals surface area contributed by atoms with Crippen LogP contribution < -0.4 is 10.2 Å². The van der Waals surface area contributed by atoms with Gasteiger partial charge in [-0.2, -0.15) is 0 Å². The molecule has 0 fully saturated rings. The first-order valence-corrected chi connectivity index (χ1v) is 6.80. The van der Waals surface area contributed by atoms with Crippen molar-refractivity contribution in [1.29, 1.82) is 0 Å². The average Bonchev–Trinajstić information content (AvgIpc) is 2.89. The molecule has 2 rings (SSSR count). The van der Waals surface area contributed by atoms with E-state index in [1.54, 1.807) is 29.9 Å². The normalized spacial score (nSPS) is 10.1. The Bertz CT molecular complexity index is 612. The molecule has 0 aliphatic rings. The number of anilines is 2. The van der Waals surface area contributed by atoms with Crippen molar-refractivity contribution in [2.75, 3.05) is 16.8 Å². The Kier molecular flexibility index (Phi) is 4.31. The zero-order valence-electron chi connectivity index (χ0n) is 10.7. The maximum atomic E-state index is 12.2. The molecular formula is C13H13N3O3S. The summed E-state index contributed by atoms with van der Waals surface area (Å²) in [6, 6.07) is 4.53. The van der Waals surface area contributed by atoms with Crippen LogP contribution in [0.3, 0.4) is 0 Å². The minimum Gasteiger partial charge on any atom is -0.478 e. The van der Waals surface area contributed by atoms with Crippen molar-refractivity contribution in [3.8, 4) is 0 Å². The molecule has 20 heavy (non-hydrogen) atoms. The predicted molar refractivity (Wildman–Crippen MR) is 77.6 cm³/mol. The second kappa shape index (κ2) is 6.16. The van der Waals surface area contributed by atoms with Crippen molar-refractivity contribution >= 4 is 34.0 Å². The van der Waals surface area contributed by atoms with Crippen LogP contribution in [0.1, 0.15) is 17.3 Å². The van der Waals surface area contributed by atoms with Crippen LogP contribution >= 0.6 is 11.3 Å². The molecular weight excluding hydrogens is 278 g/mol. The molecule has 104 valence electrons. The molecule has 0 spiro atoms. The van der Waals surface area contributed by atoms with Crippen LogP contribution in [0.15, 0.2) is 36.0 Å². The Hall–Kier alpha value is -2.41. The molecule has 2 aromatic heterocycles. The molecule has 0 aliphatic carbocycles. The van der Waals surface area contributed by atoms with E-state index in [1.807, 2.05) is 6.92 Å². The number of hydrogen-bond donors (Lipinski definition) is 2. The highest BCUT2D eigenvalue weighted by Crippen LogP contribution is 2.24. The number of amides is 2. The number of nitrogens with zero attached hydrogens (tertiary/aromatic N) is 2. The van der Waals surface area contributed by atoms with E-state index >= 15 is 0 Å². The number of aromatic nitrogens is 1. The van der Waals surface area contributed by atoms with E-state index in [0.717, 1.165) is 0 Å². The van der Waals surface area contributed by atoms with E-state index in [1.165, 1.54) is 22.3 Å². The number of nitrogens with one attached hydrogen (secondary N) is 1. The second-order valence-electron chi connectivity index (χ2n) is 3.85. The Labute approximate surface area is 119 Å². The van der Waals surface area contributed by atoms with Crippen molar-refractivity contribution in [1.82, 2.24) is 4.98 Å². The van der Waals surface area contributed by atoms with Gasteiger partial charge in [-0.1, -0.05) is 0 Å². The third-order valence-corrected chi connectivity index (χ3v) is 3.48. The summed E-state index contributed by atoms with van der Waals surface area (Å²) in [6.07, 6.45) is 3.19. The van der Waals surface area contributed by atoms with E-state index in [-0.39, 0.29) is 11.6 Å². The van der Waals surface area contributed by atoms with Gasteiger partial charge in [-0.15, -0.1) is 11.3 Å². The third kappa shape index (κ3) is 2.94. The van der Waals surface area contributed by atoms with Gasteiger partial charge < -0.3 is 5.11 Å². The Balaban J connectivity index is 2.18. The minimum absolute atomic E-state index is 0.0918. The van der Waals surface area contributed by atoms with Crippen LogP contribution in [-0.4, -0.2) is 28.6 Å². The number of carbonyl (C=O) groups excluding carboxylic acids is 1. The first-order valence-electron chi connectivity index (χ1n) is 5.92. The minimum atomic E-state index is -1.06. The van der Waals surface area contributed by atoms with Crippen LogP contribution in [0.5, 0.6) is 0 Å². The lowest BCUT2D eigenvalue weighted by atomic mass is 10.3. The SMILES string of the molecule is CCN(C(=O)Nc1sccc1C(=O)O)c1ccncc1. The van der Waals surface area contributed by atoms with Gasteiger partial charge >= 0.3 is 12.0 Å². The quantitative estimate of drug-likeness (QED) is 0.907. The molecule has 2 N–H and O–H groups in total. The summed E-state index contributed by atoms with van der Waals surface area (Å²) >= 11 is 1.18. The van der Waals surface area contributed by atoms with Crippen LogP contribution in [0.2, 0.25) is 0 Å². The van der Waals surface area contributed by atoms with Gasteiger partial charge in [0.2, 0.25) is 0 Å². The van der Waals surface area contributed by atoms with E-state index in [0.29, 0.717) is 17.2 Å². The van der Waals surface area contributed by atoms with Gasteiger partial charge in [0.25, 0.3) is 0 Å². The molecule has 2 heterocycles. The summed E-state index contributed by atoms with van der Waals surface area (Å²) in [5, 5.41) is 13.6. The number of hydrogen-bond acceptors (Lipinski definition) is 4. The van der Waals surface area contributed by atoms with E-state index in [9.17, 15) is 9.59 Å². The predicted octanol–water partition coefficient (Wildman–Crippen LogP) is 2.90. The maximum Gasteiger partial charge on any atom is 0.338 e. The van der Waals surface area contributed by atoms with Crippen molar-refractivity contribution in [3.63, 3.8) is 0 Å². The standard InChI is InChI=1S/C13H13N3O3S/c1-2-16(9-3-6-14-7-4-9)13(19)15-11-10(12(17)18)5-8-20-11/h3-8H,2H2,1H3,(H,15,19)(H,17,18). The van der Waals surface area contributed by atoms with E-state index < -0.39 is 5.97 Å². The van der Waals surface area contributed by atoms with Crippen molar-refractivity contribution in [2.24, 2.45) is 0 Å². The Morgan fingerprint density at radius 3 is 2.65 bits per heavy atom. The third-order valence-electron chi connectivity index (χ3n) is 2.65. The second-order valence-corrected chi connectivity index (χ2v) is 4.76. The van der Waals surface area contributed by atoms with Crippen molar-refractivity contribution in [2.45, 2.75) is 6.92 Å². The topological polar surface area (TPSA) is 82.5 Å². The molecule has 0 saturated heterocycles. The van der Waals surface area contributed by atoms with Gasteiger partial charge in [0, 0.05) is 24.6 Å². The Morgan fingerprint density at radius 2 is 2.05 bits per heavy atom. The maximum absolute atomic E-state index is 12.2. The molecule has 0 radical (unpaired) electrons. The van der Waals surface area contributed by atoms with Crippen molar-refractivity contribution < 1.29 is 14.7 Å². The number of thiophene rings is 1. The lowest BCUT2D eigenvalue weighted by Gasteiger charge is -2.21. The summed E-state index contributed by atoms with van der Waals surface area (Å²) in [4.78, 5) is 28.6. The fourth-order valence-corrected chi connectivity index (χ4v) is 2.48. The smallest absolute Gasteiger partial charge is 0.338 e. The van der Waals surface area contributed by atoms with Crippen LogP contribution in [0, 0.1) is 0 Å². The number of carboxylic acid groups (broad SMARTS) is 1. The molecule has 0 unspecified atom stereocenters. The van der Waals surface area contributed by atoms with E-state index in [2.05, 4.69) is 10.3 Å². The van der Waals surface area contributed by atoms with Gasteiger partial charge in [0.1, 0.15) is 5.00 Å². The van der Waals surface area contributed by atoms with Gasteiger partial charge in [-0.05, 0) is 30.5 Å².